The van der Waals surface area contributed by atoms with Gasteiger partial charge in [0.1, 0.15) is 5.75 Å². The van der Waals surface area contributed by atoms with Crippen molar-refractivity contribution >= 4 is 17.8 Å². The molecule has 34 heavy (non-hydrogen) atoms. The number of methoxy groups -OCH3 is 1. The highest BCUT2D eigenvalue weighted by molar-refractivity contribution is 5.82. The summed E-state index contributed by atoms with van der Waals surface area (Å²) in [5.41, 5.74) is 12.5. The summed E-state index contributed by atoms with van der Waals surface area (Å²) in [5.74, 6) is 0.645. The first-order valence-corrected chi connectivity index (χ1v) is 11.8. The zero-order valence-corrected chi connectivity index (χ0v) is 20.6. The van der Waals surface area contributed by atoms with Crippen LogP contribution in [-0.2, 0) is 17.6 Å². The molecule has 4 N–H and O–H groups in total. The minimum absolute atomic E-state index is 0.0950. The highest BCUT2D eigenvalue weighted by Gasteiger charge is 2.25. The summed E-state index contributed by atoms with van der Waals surface area (Å²) >= 11 is 0. The number of hydrogen-bond acceptors (Lipinski definition) is 6. The number of rotatable bonds is 8. The quantitative estimate of drug-likeness (QED) is 0.520. The van der Waals surface area contributed by atoms with Crippen molar-refractivity contribution in [1.82, 2.24) is 10.3 Å². The van der Waals surface area contributed by atoms with Crippen LogP contribution in [0.25, 0.3) is 5.70 Å². The number of carbonyl (C=O) groups is 1. The number of ether oxygens (including phenoxy) is 1. The van der Waals surface area contributed by atoms with Crippen LogP contribution >= 0.6 is 0 Å². The van der Waals surface area contributed by atoms with Gasteiger partial charge in [0.05, 0.1) is 37.1 Å². The average molecular weight is 465 g/mol. The lowest BCUT2D eigenvalue weighted by molar-refractivity contribution is -0.122. The third kappa shape index (κ3) is 6.23. The molecule has 0 aliphatic heterocycles. The Morgan fingerprint density at radius 2 is 2.03 bits per heavy atom. The van der Waals surface area contributed by atoms with Crippen LogP contribution in [0.3, 0.4) is 0 Å². The van der Waals surface area contributed by atoms with E-state index in [-0.39, 0.29) is 18.4 Å². The van der Waals surface area contributed by atoms with Gasteiger partial charge < -0.3 is 20.9 Å². The molecule has 3 rings (SSSR count). The first kappa shape index (κ1) is 25.4. The SMILES string of the molecule is CN=CC=C(N)c1ccc(Cc2cc(CC(=O)N[C@H]3CCCC[C@@H]3O)c(OC)c(C)c2C)cn1. The molecular formula is C27H36N4O3. The molecular weight excluding hydrogens is 428 g/mol. The molecule has 0 spiro atoms. The second-order valence-electron chi connectivity index (χ2n) is 8.94. The van der Waals surface area contributed by atoms with Crippen LogP contribution in [0, 0.1) is 13.8 Å². The standard InChI is InChI=1S/C27H36N4O3/c1-17-18(2)27(34-4)21(15-26(33)31-24-7-5-6-8-25(24)32)14-20(17)13-19-9-10-23(30-16-19)22(28)11-12-29-3/h9-12,14,16,24-25,32H,5-8,13,15,28H2,1-4H3,(H,31,33)/t24-,25-/m0/s1. The van der Waals surface area contributed by atoms with Crippen molar-refractivity contribution in [2.75, 3.05) is 14.2 Å². The van der Waals surface area contributed by atoms with Gasteiger partial charge in [-0.3, -0.25) is 14.8 Å². The fourth-order valence-corrected chi connectivity index (χ4v) is 4.51. The average Bonchev–Trinajstić information content (AvgIpc) is 2.83. The number of benzene rings is 1. The minimum atomic E-state index is -0.469. The van der Waals surface area contributed by atoms with Gasteiger partial charge in [0, 0.05) is 25.0 Å². The van der Waals surface area contributed by atoms with Crippen LogP contribution in [0.2, 0.25) is 0 Å². The second-order valence-corrected chi connectivity index (χ2v) is 8.94. The van der Waals surface area contributed by atoms with Gasteiger partial charge in [-0.05, 0) is 67.5 Å². The number of aliphatic hydroxyl groups is 1. The van der Waals surface area contributed by atoms with Gasteiger partial charge in [0.15, 0.2) is 0 Å². The van der Waals surface area contributed by atoms with E-state index in [1.807, 2.05) is 25.3 Å². The van der Waals surface area contributed by atoms with Gasteiger partial charge >= 0.3 is 0 Å². The summed E-state index contributed by atoms with van der Waals surface area (Å²) in [5, 5.41) is 13.2. The Kier molecular flexibility index (Phi) is 8.82. The summed E-state index contributed by atoms with van der Waals surface area (Å²) in [6.07, 6.45) is 9.20. The molecule has 182 valence electrons. The fourth-order valence-electron chi connectivity index (χ4n) is 4.51. The van der Waals surface area contributed by atoms with Gasteiger partial charge in [-0.15, -0.1) is 0 Å². The van der Waals surface area contributed by atoms with Crippen LogP contribution in [0.4, 0.5) is 0 Å². The molecule has 7 heteroatoms. The molecule has 0 radical (unpaired) electrons. The van der Waals surface area contributed by atoms with Crippen LogP contribution in [0.5, 0.6) is 5.75 Å². The van der Waals surface area contributed by atoms with Crippen molar-refractivity contribution in [1.29, 1.82) is 0 Å². The number of nitrogens with two attached hydrogens (primary N) is 1. The first-order chi connectivity index (χ1) is 16.3. The number of aliphatic imine (C=N–C) groups is 1. The molecule has 1 fully saturated rings. The topological polar surface area (TPSA) is 110 Å². The molecule has 1 aliphatic carbocycles. The van der Waals surface area contributed by atoms with Crippen molar-refractivity contribution in [3.63, 3.8) is 0 Å². The monoisotopic (exact) mass is 464 g/mol. The van der Waals surface area contributed by atoms with Crippen molar-refractivity contribution in [3.8, 4) is 5.75 Å². The molecule has 7 nitrogen and oxygen atoms in total. The Morgan fingerprint density at radius 1 is 1.26 bits per heavy atom. The van der Waals surface area contributed by atoms with Crippen molar-refractivity contribution in [2.24, 2.45) is 10.7 Å². The van der Waals surface area contributed by atoms with Crippen molar-refractivity contribution in [2.45, 2.75) is 64.5 Å². The molecule has 0 bridgehead atoms. The maximum absolute atomic E-state index is 12.8. The van der Waals surface area contributed by atoms with Crippen LogP contribution in [0.15, 0.2) is 35.5 Å². The van der Waals surface area contributed by atoms with E-state index in [0.29, 0.717) is 17.8 Å². The zero-order valence-electron chi connectivity index (χ0n) is 20.6. The third-order valence-corrected chi connectivity index (χ3v) is 6.57. The number of pyridine rings is 1. The van der Waals surface area contributed by atoms with Crippen molar-refractivity contribution in [3.05, 3.63) is 64.0 Å². The van der Waals surface area contributed by atoms with Gasteiger partial charge in [0.2, 0.25) is 5.91 Å². The van der Waals surface area contributed by atoms with E-state index in [0.717, 1.165) is 59.3 Å². The van der Waals surface area contributed by atoms with E-state index in [4.69, 9.17) is 10.5 Å². The molecule has 1 amide bonds. The van der Waals surface area contributed by atoms with Gasteiger partial charge in [-0.25, -0.2) is 0 Å². The third-order valence-electron chi connectivity index (χ3n) is 6.57. The highest BCUT2D eigenvalue weighted by Crippen LogP contribution is 2.31. The van der Waals surface area contributed by atoms with Crippen LogP contribution in [0.1, 0.15) is 59.2 Å². The maximum atomic E-state index is 12.8. The number of allylic oxidation sites excluding steroid dienone is 1. The second kappa shape index (κ2) is 11.8. The lowest BCUT2D eigenvalue weighted by Gasteiger charge is -2.28. The molecule has 2 atom stereocenters. The lowest BCUT2D eigenvalue weighted by atomic mass is 9.91. The largest absolute Gasteiger partial charge is 0.496 e. The number of aromatic nitrogens is 1. The molecule has 1 aromatic heterocycles. The van der Waals surface area contributed by atoms with E-state index >= 15 is 0 Å². The number of aliphatic hydroxyl groups excluding tert-OH is 1. The van der Waals surface area contributed by atoms with E-state index in [2.05, 4.69) is 28.3 Å². The lowest BCUT2D eigenvalue weighted by Crippen LogP contribution is -2.45. The Hall–Kier alpha value is -3.19. The molecule has 0 unspecified atom stereocenters. The van der Waals surface area contributed by atoms with E-state index in [1.54, 1.807) is 26.4 Å². The smallest absolute Gasteiger partial charge is 0.224 e. The van der Waals surface area contributed by atoms with Gasteiger partial charge in [-0.1, -0.05) is 25.0 Å². The summed E-state index contributed by atoms with van der Waals surface area (Å²) in [6.45, 7) is 4.09. The number of amides is 1. The molecule has 2 aromatic rings. The number of carbonyl (C=O) groups excluding carboxylic acids is 1. The number of hydrogen-bond donors (Lipinski definition) is 3. The summed E-state index contributed by atoms with van der Waals surface area (Å²) in [7, 11) is 3.33. The van der Waals surface area contributed by atoms with Gasteiger partial charge in [0.25, 0.3) is 0 Å². The predicted octanol–water partition coefficient (Wildman–Crippen LogP) is 3.26. The minimum Gasteiger partial charge on any atom is -0.496 e. The number of nitrogens with one attached hydrogen (secondary N) is 1. The van der Waals surface area contributed by atoms with E-state index < -0.39 is 6.10 Å². The molecule has 1 heterocycles. The van der Waals surface area contributed by atoms with E-state index in [9.17, 15) is 9.90 Å². The Morgan fingerprint density at radius 3 is 2.68 bits per heavy atom. The first-order valence-electron chi connectivity index (χ1n) is 11.8. The highest BCUT2D eigenvalue weighted by atomic mass is 16.5. The molecule has 0 saturated heterocycles. The molecule has 1 aromatic carbocycles. The molecule has 1 aliphatic rings. The van der Waals surface area contributed by atoms with Crippen LogP contribution in [-0.4, -0.2) is 48.5 Å². The van der Waals surface area contributed by atoms with Crippen molar-refractivity contribution < 1.29 is 14.6 Å². The summed E-state index contributed by atoms with van der Waals surface area (Å²) < 4.78 is 5.68. The fraction of sp³-hybridized carbons (Fsp3) is 0.444. The van der Waals surface area contributed by atoms with E-state index in [1.165, 1.54) is 0 Å². The number of nitrogens with zero attached hydrogens (tertiary/aromatic N) is 2. The van der Waals surface area contributed by atoms with Gasteiger partial charge in [-0.2, -0.15) is 0 Å². The Bertz CT molecular complexity index is 1060. The Labute approximate surface area is 202 Å². The predicted molar refractivity (Wildman–Crippen MR) is 136 cm³/mol. The zero-order chi connectivity index (χ0) is 24.7. The summed E-state index contributed by atoms with van der Waals surface area (Å²) in [6, 6.07) is 5.80. The normalized spacial score (nSPS) is 18.8. The van der Waals surface area contributed by atoms with Crippen LogP contribution < -0.4 is 15.8 Å². The summed E-state index contributed by atoms with van der Waals surface area (Å²) in [4.78, 5) is 21.2. The molecule has 1 saturated carbocycles. The maximum Gasteiger partial charge on any atom is 0.224 e. The Balaban J connectivity index is 1.80.